The minimum Gasteiger partial charge on any atom is -0.421 e. The number of aliphatic hydroxyl groups is 1. The van der Waals surface area contributed by atoms with Crippen LogP contribution in [0.1, 0.15) is 37.1 Å². The molecule has 0 radical (unpaired) electrons. The molecule has 1 aliphatic carbocycles. The standard InChI is InChI=1S/C19H25N3O3/c1-13-6-8-14(9-7-13)19-21-20-17(25-19)10-11-18(24)22(2)12-15-4-3-5-16(15)23/h6-9,15-16,23H,3-5,10-12H2,1-2H3. The van der Waals surface area contributed by atoms with Crippen LogP contribution in [0.5, 0.6) is 0 Å². The van der Waals surface area contributed by atoms with Gasteiger partial charge in [0.15, 0.2) is 0 Å². The number of rotatable bonds is 6. The molecule has 0 bridgehead atoms. The van der Waals surface area contributed by atoms with E-state index in [9.17, 15) is 9.90 Å². The van der Waals surface area contributed by atoms with Gasteiger partial charge in [-0.05, 0) is 31.9 Å². The van der Waals surface area contributed by atoms with Gasteiger partial charge in [0.25, 0.3) is 0 Å². The molecule has 2 unspecified atom stereocenters. The first-order chi connectivity index (χ1) is 12.0. The maximum absolute atomic E-state index is 12.3. The molecule has 6 nitrogen and oxygen atoms in total. The Kier molecular flexibility index (Phi) is 5.48. The van der Waals surface area contributed by atoms with Gasteiger partial charge < -0.3 is 14.4 Å². The number of hydrogen-bond acceptors (Lipinski definition) is 5. The molecule has 1 N–H and O–H groups in total. The van der Waals surface area contributed by atoms with Crippen LogP contribution in [-0.2, 0) is 11.2 Å². The van der Waals surface area contributed by atoms with Gasteiger partial charge in [-0.15, -0.1) is 10.2 Å². The summed E-state index contributed by atoms with van der Waals surface area (Å²) in [6.07, 6.45) is 3.35. The molecule has 25 heavy (non-hydrogen) atoms. The Morgan fingerprint density at radius 3 is 2.72 bits per heavy atom. The predicted octanol–water partition coefficient (Wildman–Crippen LogP) is 2.60. The van der Waals surface area contributed by atoms with Crippen molar-refractivity contribution in [1.29, 1.82) is 0 Å². The second kappa shape index (κ2) is 7.78. The van der Waals surface area contributed by atoms with Crippen molar-refractivity contribution in [3.05, 3.63) is 35.7 Å². The highest BCUT2D eigenvalue weighted by molar-refractivity contribution is 5.76. The van der Waals surface area contributed by atoms with E-state index in [0.717, 1.165) is 24.8 Å². The highest BCUT2D eigenvalue weighted by Gasteiger charge is 2.27. The highest BCUT2D eigenvalue weighted by Crippen LogP contribution is 2.26. The van der Waals surface area contributed by atoms with Gasteiger partial charge >= 0.3 is 0 Å². The summed E-state index contributed by atoms with van der Waals surface area (Å²) < 4.78 is 5.66. The van der Waals surface area contributed by atoms with Crippen molar-refractivity contribution < 1.29 is 14.3 Å². The van der Waals surface area contributed by atoms with Crippen LogP contribution >= 0.6 is 0 Å². The van der Waals surface area contributed by atoms with E-state index in [2.05, 4.69) is 10.2 Å². The average Bonchev–Trinajstić information content (AvgIpc) is 3.23. The van der Waals surface area contributed by atoms with E-state index < -0.39 is 0 Å². The van der Waals surface area contributed by atoms with Crippen LogP contribution in [0.25, 0.3) is 11.5 Å². The first-order valence-electron chi connectivity index (χ1n) is 8.84. The van der Waals surface area contributed by atoms with Crippen LogP contribution in [-0.4, -0.2) is 45.8 Å². The van der Waals surface area contributed by atoms with Gasteiger partial charge in [-0.1, -0.05) is 24.1 Å². The van der Waals surface area contributed by atoms with Gasteiger partial charge in [0.05, 0.1) is 6.10 Å². The maximum atomic E-state index is 12.3. The van der Waals surface area contributed by atoms with Crippen LogP contribution in [0, 0.1) is 12.8 Å². The van der Waals surface area contributed by atoms with Crippen LogP contribution in [0.2, 0.25) is 0 Å². The minimum absolute atomic E-state index is 0.0363. The SMILES string of the molecule is Cc1ccc(-c2nnc(CCC(=O)N(C)CC3CCCC3O)o2)cc1. The Balaban J connectivity index is 1.51. The molecule has 1 heterocycles. The van der Waals surface area contributed by atoms with E-state index in [1.807, 2.05) is 31.2 Å². The molecular formula is C19H25N3O3. The van der Waals surface area contributed by atoms with Crippen molar-refractivity contribution >= 4 is 5.91 Å². The Morgan fingerprint density at radius 1 is 1.28 bits per heavy atom. The summed E-state index contributed by atoms with van der Waals surface area (Å²) in [5.41, 5.74) is 2.05. The zero-order chi connectivity index (χ0) is 17.8. The fourth-order valence-electron chi connectivity index (χ4n) is 3.26. The molecule has 1 aliphatic rings. The summed E-state index contributed by atoms with van der Waals surface area (Å²) in [4.78, 5) is 14.0. The van der Waals surface area contributed by atoms with Crippen LogP contribution < -0.4 is 0 Å². The summed E-state index contributed by atoms with van der Waals surface area (Å²) in [7, 11) is 1.79. The summed E-state index contributed by atoms with van der Waals surface area (Å²) in [5, 5.41) is 18.0. The van der Waals surface area contributed by atoms with Crippen molar-refractivity contribution in [2.75, 3.05) is 13.6 Å². The van der Waals surface area contributed by atoms with Crippen molar-refractivity contribution in [3.8, 4) is 11.5 Å². The lowest BCUT2D eigenvalue weighted by atomic mass is 10.1. The molecule has 0 aliphatic heterocycles. The van der Waals surface area contributed by atoms with E-state index >= 15 is 0 Å². The van der Waals surface area contributed by atoms with Crippen LogP contribution in [0.4, 0.5) is 0 Å². The molecule has 1 amide bonds. The third kappa shape index (κ3) is 4.45. The first-order valence-corrected chi connectivity index (χ1v) is 8.84. The molecule has 134 valence electrons. The molecule has 0 saturated heterocycles. The fourth-order valence-corrected chi connectivity index (χ4v) is 3.26. The Morgan fingerprint density at radius 2 is 2.04 bits per heavy atom. The topological polar surface area (TPSA) is 79.5 Å². The zero-order valence-electron chi connectivity index (χ0n) is 14.8. The highest BCUT2D eigenvalue weighted by atomic mass is 16.4. The smallest absolute Gasteiger partial charge is 0.247 e. The van der Waals surface area contributed by atoms with Gasteiger partial charge in [-0.25, -0.2) is 0 Å². The Labute approximate surface area is 147 Å². The molecule has 2 atom stereocenters. The number of nitrogens with zero attached hydrogens (tertiary/aromatic N) is 3. The molecule has 3 rings (SSSR count). The summed E-state index contributed by atoms with van der Waals surface area (Å²) in [6.45, 7) is 2.63. The van der Waals surface area contributed by atoms with Gasteiger partial charge in [-0.3, -0.25) is 4.79 Å². The van der Waals surface area contributed by atoms with Gasteiger partial charge in [0.1, 0.15) is 0 Å². The van der Waals surface area contributed by atoms with E-state index in [1.54, 1.807) is 11.9 Å². The molecular weight excluding hydrogens is 318 g/mol. The molecule has 1 saturated carbocycles. The normalized spacial score (nSPS) is 20.0. The van der Waals surface area contributed by atoms with E-state index in [0.29, 0.717) is 31.2 Å². The number of aryl methyl sites for hydroxylation is 2. The third-order valence-electron chi connectivity index (χ3n) is 4.87. The van der Waals surface area contributed by atoms with E-state index in [1.165, 1.54) is 5.56 Å². The Hall–Kier alpha value is -2.21. The van der Waals surface area contributed by atoms with E-state index in [4.69, 9.17) is 4.42 Å². The zero-order valence-corrected chi connectivity index (χ0v) is 14.8. The van der Waals surface area contributed by atoms with Gasteiger partial charge in [0, 0.05) is 37.9 Å². The van der Waals surface area contributed by atoms with E-state index in [-0.39, 0.29) is 17.9 Å². The lowest BCUT2D eigenvalue weighted by molar-refractivity contribution is -0.130. The van der Waals surface area contributed by atoms with Crippen molar-refractivity contribution in [1.82, 2.24) is 15.1 Å². The molecule has 1 fully saturated rings. The first kappa shape index (κ1) is 17.6. The number of hydrogen-bond donors (Lipinski definition) is 1. The van der Waals surface area contributed by atoms with Gasteiger partial charge in [-0.2, -0.15) is 0 Å². The number of carbonyl (C=O) groups excluding carboxylic acids is 1. The minimum atomic E-state index is -0.275. The monoisotopic (exact) mass is 343 g/mol. The van der Waals surface area contributed by atoms with Crippen molar-refractivity contribution in [3.63, 3.8) is 0 Å². The quantitative estimate of drug-likeness (QED) is 0.872. The molecule has 2 aromatic rings. The van der Waals surface area contributed by atoms with Crippen molar-refractivity contribution in [2.45, 2.75) is 45.1 Å². The molecule has 1 aromatic heterocycles. The predicted molar refractivity (Wildman–Crippen MR) is 93.8 cm³/mol. The lowest BCUT2D eigenvalue weighted by Gasteiger charge is -2.23. The summed E-state index contributed by atoms with van der Waals surface area (Å²) >= 11 is 0. The van der Waals surface area contributed by atoms with Crippen LogP contribution in [0.3, 0.4) is 0 Å². The number of carbonyl (C=O) groups is 1. The van der Waals surface area contributed by atoms with Crippen molar-refractivity contribution in [2.24, 2.45) is 5.92 Å². The average molecular weight is 343 g/mol. The molecule has 1 aromatic carbocycles. The fraction of sp³-hybridized carbons (Fsp3) is 0.526. The molecule has 6 heteroatoms. The molecule has 0 spiro atoms. The van der Waals surface area contributed by atoms with Crippen LogP contribution in [0.15, 0.2) is 28.7 Å². The maximum Gasteiger partial charge on any atom is 0.247 e. The number of amides is 1. The number of aliphatic hydroxyl groups excluding tert-OH is 1. The van der Waals surface area contributed by atoms with Gasteiger partial charge in [0.2, 0.25) is 17.7 Å². The number of benzene rings is 1. The lowest BCUT2D eigenvalue weighted by Crippen LogP contribution is -2.34. The largest absolute Gasteiger partial charge is 0.421 e. The second-order valence-electron chi connectivity index (χ2n) is 6.90. The number of aromatic nitrogens is 2. The summed E-state index contributed by atoms with van der Waals surface area (Å²) in [5.74, 6) is 1.18. The summed E-state index contributed by atoms with van der Waals surface area (Å²) in [6, 6.07) is 7.88. The Bertz CT molecular complexity index is 711. The third-order valence-corrected chi connectivity index (χ3v) is 4.87. The second-order valence-corrected chi connectivity index (χ2v) is 6.90.